The minimum absolute atomic E-state index is 0.360. The van der Waals surface area contributed by atoms with Crippen LogP contribution in [0, 0.1) is 0 Å². The van der Waals surface area contributed by atoms with Crippen molar-refractivity contribution in [3.05, 3.63) is 65.6 Å². The Labute approximate surface area is 133 Å². The van der Waals surface area contributed by atoms with Gasteiger partial charge in [-0.25, -0.2) is 4.79 Å². The van der Waals surface area contributed by atoms with E-state index in [4.69, 9.17) is 9.47 Å². The maximum absolute atomic E-state index is 11.6. The molecule has 0 aliphatic rings. The molecule has 0 N–H and O–H groups in total. The fourth-order valence-electron chi connectivity index (χ4n) is 2.41. The number of nitrogens with zero attached hydrogens (tertiary/aromatic N) is 2. The number of benzene rings is 1. The molecule has 5 heteroatoms. The number of ether oxygens (including phenoxy) is 2. The van der Waals surface area contributed by atoms with Crippen molar-refractivity contribution in [1.82, 2.24) is 9.97 Å². The lowest BCUT2D eigenvalue weighted by Crippen LogP contribution is -2.03. The van der Waals surface area contributed by atoms with Gasteiger partial charge in [0.05, 0.1) is 31.5 Å². The fourth-order valence-corrected chi connectivity index (χ4v) is 2.41. The Bertz CT molecular complexity index is 862. The fraction of sp³-hybridized carbons (Fsp3) is 0.167. The number of pyridine rings is 2. The molecule has 23 heavy (non-hydrogen) atoms. The van der Waals surface area contributed by atoms with Gasteiger partial charge in [0.25, 0.3) is 0 Å². The Morgan fingerprint density at radius 2 is 1.96 bits per heavy atom. The Balaban J connectivity index is 1.90. The van der Waals surface area contributed by atoms with Crippen LogP contribution in [0.5, 0.6) is 5.75 Å². The zero-order valence-electron chi connectivity index (χ0n) is 12.9. The summed E-state index contributed by atoms with van der Waals surface area (Å²) < 4.78 is 9.94. The van der Waals surface area contributed by atoms with Crippen LogP contribution in [0.2, 0.25) is 0 Å². The zero-order valence-corrected chi connectivity index (χ0v) is 12.9. The van der Waals surface area contributed by atoms with Crippen LogP contribution in [0.1, 0.15) is 21.6 Å². The number of hydrogen-bond acceptors (Lipinski definition) is 5. The third kappa shape index (κ3) is 3.29. The molecule has 0 spiro atoms. The van der Waals surface area contributed by atoms with Gasteiger partial charge in [-0.05, 0) is 35.9 Å². The first-order valence-electron chi connectivity index (χ1n) is 7.15. The van der Waals surface area contributed by atoms with Gasteiger partial charge in [-0.15, -0.1) is 0 Å². The highest BCUT2D eigenvalue weighted by atomic mass is 16.5. The molecule has 0 unspecified atom stereocenters. The summed E-state index contributed by atoms with van der Waals surface area (Å²) in [5.41, 5.74) is 3.30. The van der Waals surface area contributed by atoms with Gasteiger partial charge in [-0.2, -0.15) is 0 Å². The maximum atomic E-state index is 11.6. The number of rotatable bonds is 4. The van der Waals surface area contributed by atoms with Crippen LogP contribution in [0.15, 0.2) is 48.8 Å². The molecule has 3 aromatic rings. The van der Waals surface area contributed by atoms with Crippen LogP contribution in [-0.2, 0) is 11.2 Å². The SMILES string of the molecule is COC(=O)c1ccnc(Cc2ccc3ncc(OC)cc3c2)c1. The lowest BCUT2D eigenvalue weighted by Gasteiger charge is -2.06. The second-order valence-electron chi connectivity index (χ2n) is 5.11. The second kappa shape index (κ2) is 6.44. The molecule has 3 rings (SSSR count). The van der Waals surface area contributed by atoms with Crippen molar-refractivity contribution in [1.29, 1.82) is 0 Å². The van der Waals surface area contributed by atoms with E-state index in [-0.39, 0.29) is 5.97 Å². The molecular weight excluding hydrogens is 292 g/mol. The molecule has 2 aromatic heterocycles. The third-order valence-corrected chi connectivity index (χ3v) is 3.58. The minimum atomic E-state index is -0.360. The lowest BCUT2D eigenvalue weighted by atomic mass is 10.1. The summed E-state index contributed by atoms with van der Waals surface area (Å²) in [6, 6.07) is 11.4. The summed E-state index contributed by atoms with van der Waals surface area (Å²) in [6.45, 7) is 0. The van der Waals surface area contributed by atoms with E-state index in [1.165, 1.54) is 7.11 Å². The van der Waals surface area contributed by atoms with Crippen LogP contribution in [0.4, 0.5) is 0 Å². The number of aromatic nitrogens is 2. The van der Waals surface area contributed by atoms with Gasteiger partial charge in [-0.1, -0.05) is 6.07 Å². The molecule has 0 saturated carbocycles. The molecule has 0 radical (unpaired) electrons. The quantitative estimate of drug-likeness (QED) is 0.693. The van der Waals surface area contributed by atoms with Gasteiger partial charge in [0, 0.05) is 23.7 Å². The van der Waals surface area contributed by atoms with Crippen molar-refractivity contribution in [3.8, 4) is 5.75 Å². The van der Waals surface area contributed by atoms with E-state index in [0.29, 0.717) is 12.0 Å². The molecule has 116 valence electrons. The highest BCUT2D eigenvalue weighted by molar-refractivity contribution is 5.89. The van der Waals surface area contributed by atoms with Crippen LogP contribution < -0.4 is 4.74 Å². The van der Waals surface area contributed by atoms with E-state index in [9.17, 15) is 4.79 Å². The summed E-state index contributed by atoms with van der Waals surface area (Å²) in [6.07, 6.45) is 3.94. The van der Waals surface area contributed by atoms with E-state index in [1.807, 2.05) is 18.2 Å². The van der Waals surface area contributed by atoms with E-state index < -0.39 is 0 Å². The summed E-state index contributed by atoms with van der Waals surface area (Å²) in [7, 11) is 2.99. The molecule has 5 nitrogen and oxygen atoms in total. The summed E-state index contributed by atoms with van der Waals surface area (Å²) in [5, 5.41) is 1.01. The molecule has 0 aliphatic carbocycles. The van der Waals surface area contributed by atoms with Gasteiger partial charge < -0.3 is 9.47 Å². The average Bonchev–Trinajstić information content (AvgIpc) is 2.60. The van der Waals surface area contributed by atoms with Gasteiger partial charge in [0.1, 0.15) is 5.75 Å². The first-order chi connectivity index (χ1) is 11.2. The molecule has 0 amide bonds. The highest BCUT2D eigenvalue weighted by Gasteiger charge is 2.07. The molecule has 0 fully saturated rings. The smallest absolute Gasteiger partial charge is 0.337 e. The van der Waals surface area contributed by atoms with Crippen molar-refractivity contribution in [2.75, 3.05) is 14.2 Å². The van der Waals surface area contributed by atoms with Crippen LogP contribution in [0.3, 0.4) is 0 Å². The van der Waals surface area contributed by atoms with E-state index in [0.717, 1.165) is 27.9 Å². The molecule has 0 atom stereocenters. The van der Waals surface area contributed by atoms with E-state index in [1.54, 1.807) is 31.6 Å². The molecule has 2 heterocycles. The molecule has 0 saturated heterocycles. The monoisotopic (exact) mass is 308 g/mol. The first kappa shape index (κ1) is 15.0. The standard InChI is InChI=1S/C18H16N2O3/c1-22-16-10-14-7-12(3-4-17(14)20-11-16)8-15-9-13(5-6-19-15)18(21)23-2/h3-7,9-11H,8H2,1-2H3. The molecule has 0 aliphatic heterocycles. The van der Waals surface area contributed by atoms with Gasteiger partial charge in [-0.3, -0.25) is 9.97 Å². The normalized spacial score (nSPS) is 10.5. The van der Waals surface area contributed by atoms with E-state index >= 15 is 0 Å². The Hall–Kier alpha value is -2.95. The average molecular weight is 308 g/mol. The van der Waals surface area contributed by atoms with Crippen molar-refractivity contribution in [3.63, 3.8) is 0 Å². The number of carbonyl (C=O) groups excluding carboxylic acids is 1. The predicted molar refractivity (Wildman–Crippen MR) is 86.7 cm³/mol. The highest BCUT2D eigenvalue weighted by Crippen LogP contribution is 2.20. The van der Waals surface area contributed by atoms with Crippen molar-refractivity contribution < 1.29 is 14.3 Å². The summed E-state index contributed by atoms with van der Waals surface area (Å²) in [4.78, 5) is 20.3. The number of fused-ring (bicyclic) bond motifs is 1. The van der Waals surface area contributed by atoms with Crippen LogP contribution in [-0.4, -0.2) is 30.2 Å². The lowest BCUT2D eigenvalue weighted by molar-refractivity contribution is 0.0600. The van der Waals surface area contributed by atoms with Gasteiger partial charge in [0.2, 0.25) is 0 Å². The first-order valence-corrected chi connectivity index (χ1v) is 7.15. The Morgan fingerprint density at radius 3 is 2.74 bits per heavy atom. The van der Waals surface area contributed by atoms with Gasteiger partial charge in [0.15, 0.2) is 0 Å². The van der Waals surface area contributed by atoms with Crippen LogP contribution in [0.25, 0.3) is 10.9 Å². The second-order valence-corrected chi connectivity index (χ2v) is 5.11. The predicted octanol–water partition coefficient (Wildman–Crippen LogP) is 3.02. The minimum Gasteiger partial charge on any atom is -0.495 e. The van der Waals surface area contributed by atoms with Crippen LogP contribution >= 0.6 is 0 Å². The third-order valence-electron chi connectivity index (χ3n) is 3.58. The molecular formula is C18H16N2O3. The van der Waals surface area contributed by atoms with Crippen molar-refractivity contribution >= 4 is 16.9 Å². The number of methoxy groups -OCH3 is 2. The molecule has 0 bridgehead atoms. The van der Waals surface area contributed by atoms with E-state index in [2.05, 4.69) is 16.0 Å². The number of carbonyl (C=O) groups is 1. The zero-order chi connectivity index (χ0) is 16.2. The maximum Gasteiger partial charge on any atom is 0.337 e. The molecule has 1 aromatic carbocycles. The number of esters is 1. The topological polar surface area (TPSA) is 61.3 Å². The summed E-state index contributed by atoms with van der Waals surface area (Å²) >= 11 is 0. The van der Waals surface area contributed by atoms with Crippen molar-refractivity contribution in [2.24, 2.45) is 0 Å². The van der Waals surface area contributed by atoms with Crippen molar-refractivity contribution in [2.45, 2.75) is 6.42 Å². The summed E-state index contributed by atoms with van der Waals surface area (Å²) in [5.74, 6) is 0.363. The Kier molecular flexibility index (Phi) is 4.19. The Morgan fingerprint density at radius 1 is 1.09 bits per heavy atom. The van der Waals surface area contributed by atoms with Gasteiger partial charge >= 0.3 is 5.97 Å². The largest absolute Gasteiger partial charge is 0.495 e. The number of hydrogen-bond donors (Lipinski definition) is 0.